The number of nitrogens with zero attached hydrogens (tertiary/aromatic N) is 4. The largest absolute Gasteiger partial charge is 0.459 e. The number of carbonyl (C=O) groups excluding carboxylic acids is 1. The first-order valence-electron chi connectivity index (χ1n) is 9.44. The number of aryl methyl sites for hydroxylation is 1. The van der Waals surface area contributed by atoms with Crippen LogP contribution in [0.3, 0.4) is 0 Å². The Balaban J connectivity index is 1.36. The standard InChI is InChI=1S/C20H22ClN5O3/c1-14-20(25-8-10-28-11-9-25)26(24-23-14)13-19(27)22-12-17-6-7-18(29-17)15-2-4-16(21)5-3-15/h2-7H,8-13H2,1H3,(H,22,27). The lowest BCUT2D eigenvalue weighted by Gasteiger charge is -2.29. The van der Waals surface area contributed by atoms with Gasteiger partial charge in [0, 0.05) is 23.7 Å². The van der Waals surface area contributed by atoms with Crippen molar-refractivity contribution in [2.75, 3.05) is 31.2 Å². The third-order valence-corrected chi connectivity index (χ3v) is 4.98. The molecule has 0 atom stereocenters. The van der Waals surface area contributed by atoms with Gasteiger partial charge in [-0.3, -0.25) is 4.79 Å². The van der Waals surface area contributed by atoms with Crippen molar-refractivity contribution in [3.8, 4) is 11.3 Å². The maximum absolute atomic E-state index is 12.4. The van der Waals surface area contributed by atoms with Crippen LogP contribution in [0.1, 0.15) is 11.5 Å². The van der Waals surface area contributed by atoms with Crippen molar-refractivity contribution in [3.05, 3.63) is 52.9 Å². The van der Waals surface area contributed by atoms with Crippen LogP contribution in [0.25, 0.3) is 11.3 Å². The van der Waals surface area contributed by atoms with Crippen LogP contribution >= 0.6 is 11.6 Å². The molecule has 0 bridgehead atoms. The van der Waals surface area contributed by atoms with Gasteiger partial charge in [-0.15, -0.1) is 5.10 Å². The van der Waals surface area contributed by atoms with E-state index in [4.69, 9.17) is 20.8 Å². The van der Waals surface area contributed by atoms with E-state index in [9.17, 15) is 4.79 Å². The van der Waals surface area contributed by atoms with E-state index in [0.717, 1.165) is 35.9 Å². The number of halogens is 1. The Morgan fingerprint density at radius 3 is 2.69 bits per heavy atom. The van der Waals surface area contributed by atoms with Gasteiger partial charge in [0.15, 0.2) is 5.82 Å². The van der Waals surface area contributed by atoms with Crippen LogP contribution in [0.4, 0.5) is 5.82 Å². The third kappa shape index (κ3) is 4.60. The molecule has 1 aliphatic rings. The van der Waals surface area contributed by atoms with Crippen molar-refractivity contribution in [2.45, 2.75) is 20.0 Å². The molecule has 1 amide bonds. The van der Waals surface area contributed by atoms with Crippen molar-refractivity contribution in [3.63, 3.8) is 0 Å². The van der Waals surface area contributed by atoms with Gasteiger partial charge in [-0.05, 0) is 43.3 Å². The third-order valence-electron chi connectivity index (χ3n) is 4.72. The molecule has 0 saturated carbocycles. The number of benzene rings is 1. The number of hydrogen-bond donors (Lipinski definition) is 1. The average Bonchev–Trinajstić information content (AvgIpc) is 3.34. The Hall–Kier alpha value is -2.84. The average molecular weight is 416 g/mol. The Kier molecular flexibility index (Phi) is 5.82. The molecule has 8 nitrogen and oxygen atoms in total. The fourth-order valence-electron chi connectivity index (χ4n) is 3.29. The van der Waals surface area contributed by atoms with E-state index in [1.165, 1.54) is 0 Å². The van der Waals surface area contributed by atoms with Gasteiger partial charge >= 0.3 is 0 Å². The summed E-state index contributed by atoms with van der Waals surface area (Å²) in [6, 6.07) is 11.1. The summed E-state index contributed by atoms with van der Waals surface area (Å²) in [6.45, 7) is 5.13. The molecular formula is C20H22ClN5O3. The number of amides is 1. The molecule has 3 aromatic rings. The van der Waals surface area contributed by atoms with E-state index < -0.39 is 0 Å². The Labute approximate surface area is 173 Å². The number of aromatic nitrogens is 3. The van der Waals surface area contributed by atoms with Crippen molar-refractivity contribution < 1.29 is 13.9 Å². The van der Waals surface area contributed by atoms with E-state index >= 15 is 0 Å². The molecule has 0 aliphatic carbocycles. The molecule has 4 rings (SSSR count). The monoisotopic (exact) mass is 415 g/mol. The topological polar surface area (TPSA) is 85.4 Å². The Morgan fingerprint density at radius 1 is 1.17 bits per heavy atom. The van der Waals surface area contributed by atoms with E-state index in [0.29, 0.717) is 30.5 Å². The number of hydrogen-bond acceptors (Lipinski definition) is 6. The molecule has 0 radical (unpaired) electrons. The molecule has 3 heterocycles. The van der Waals surface area contributed by atoms with Gasteiger partial charge in [0.1, 0.15) is 23.8 Å². The number of anilines is 1. The maximum Gasteiger partial charge on any atom is 0.242 e. The first-order chi connectivity index (χ1) is 14.1. The fourth-order valence-corrected chi connectivity index (χ4v) is 3.41. The highest BCUT2D eigenvalue weighted by Gasteiger charge is 2.20. The molecule has 29 heavy (non-hydrogen) atoms. The highest BCUT2D eigenvalue weighted by atomic mass is 35.5. The second-order valence-electron chi connectivity index (χ2n) is 6.81. The smallest absolute Gasteiger partial charge is 0.242 e. The minimum atomic E-state index is -0.158. The Morgan fingerprint density at radius 2 is 1.93 bits per heavy atom. The molecule has 1 N–H and O–H groups in total. The number of carbonyl (C=O) groups is 1. The quantitative estimate of drug-likeness (QED) is 0.666. The lowest BCUT2D eigenvalue weighted by Crippen LogP contribution is -2.39. The summed E-state index contributed by atoms with van der Waals surface area (Å²) >= 11 is 5.92. The minimum Gasteiger partial charge on any atom is -0.459 e. The van der Waals surface area contributed by atoms with Crippen molar-refractivity contribution >= 4 is 23.3 Å². The summed E-state index contributed by atoms with van der Waals surface area (Å²) in [4.78, 5) is 14.6. The van der Waals surface area contributed by atoms with Gasteiger partial charge in [-0.1, -0.05) is 16.8 Å². The van der Waals surface area contributed by atoms with Crippen molar-refractivity contribution in [1.82, 2.24) is 20.3 Å². The van der Waals surface area contributed by atoms with E-state index in [-0.39, 0.29) is 12.5 Å². The summed E-state index contributed by atoms with van der Waals surface area (Å²) < 4.78 is 12.9. The molecule has 0 spiro atoms. The van der Waals surface area contributed by atoms with Crippen LogP contribution in [0.5, 0.6) is 0 Å². The van der Waals surface area contributed by atoms with Crippen LogP contribution in [-0.4, -0.2) is 47.2 Å². The highest BCUT2D eigenvalue weighted by molar-refractivity contribution is 6.30. The van der Waals surface area contributed by atoms with Gasteiger partial charge in [-0.25, -0.2) is 4.68 Å². The number of rotatable bonds is 6. The van der Waals surface area contributed by atoms with Gasteiger partial charge in [0.2, 0.25) is 5.91 Å². The molecule has 1 aromatic carbocycles. The van der Waals surface area contributed by atoms with Crippen LogP contribution in [-0.2, 0) is 22.6 Å². The highest BCUT2D eigenvalue weighted by Crippen LogP contribution is 2.24. The Bertz CT molecular complexity index is 976. The van der Waals surface area contributed by atoms with Crippen LogP contribution in [0.15, 0.2) is 40.8 Å². The predicted octanol–water partition coefficient (Wildman–Crippen LogP) is 2.65. The molecule has 1 aliphatic heterocycles. The fraction of sp³-hybridized carbons (Fsp3) is 0.350. The molecule has 9 heteroatoms. The molecule has 2 aromatic heterocycles. The normalized spacial score (nSPS) is 14.2. The molecule has 1 saturated heterocycles. The van der Waals surface area contributed by atoms with Crippen molar-refractivity contribution in [2.24, 2.45) is 0 Å². The minimum absolute atomic E-state index is 0.0955. The molecule has 0 unspecified atom stereocenters. The predicted molar refractivity (Wildman–Crippen MR) is 109 cm³/mol. The number of ether oxygens (including phenoxy) is 1. The zero-order valence-electron chi connectivity index (χ0n) is 16.1. The van der Waals surface area contributed by atoms with E-state index in [1.54, 1.807) is 4.68 Å². The first kappa shape index (κ1) is 19.5. The summed E-state index contributed by atoms with van der Waals surface area (Å²) in [6.07, 6.45) is 0. The van der Waals surface area contributed by atoms with Gasteiger partial charge < -0.3 is 19.4 Å². The summed E-state index contributed by atoms with van der Waals surface area (Å²) in [5, 5.41) is 11.8. The van der Waals surface area contributed by atoms with E-state index in [1.807, 2.05) is 43.3 Å². The number of furan rings is 1. The van der Waals surface area contributed by atoms with Crippen LogP contribution < -0.4 is 10.2 Å². The molecule has 1 fully saturated rings. The second kappa shape index (κ2) is 8.67. The van der Waals surface area contributed by atoms with E-state index in [2.05, 4.69) is 20.5 Å². The number of morpholine rings is 1. The first-order valence-corrected chi connectivity index (χ1v) is 9.82. The molecule has 152 valence electrons. The summed E-state index contributed by atoms with van der Waals surface area (Å²) in [5.74, 6) is 2.11. The summed E-state index contributed by atoms with van der Waals surface area (Å²) in [5.41, 5.74) is 1.73. The van der Waals surface area contributed by atoms with Crippen LogP contribution in [0, 0.1) is 6.92 Å². The lowest BCUT2D eigenvalue weighted by atomic mass is 10.2. The SMILES string of the molecule is Cc1nnn(CC(=O)NCc2ccc(-c3ccc(Cl)cc3)o2)c1N1CCOCC1. The van der Waals surface area contributed by atoms with Gasteiger partial charge in [0.05, 0.1) is 19.8 Å². The van der Waals surface area contributed by atoms with Crippen molar-refractivity contribution in [1.29, 1.82) is 0 Å². The summed E-state index contributed by atoms with van der Waals surface area (Å²) in [7, 11) is 0. The zero-order chi connectivity index (χ0) is 20.2. The maximum atomic E-state index is 12.4. The molecular weight excluding hydrogens is 394 g/mol. The van der Waals surface area contributed by atoms with Gasteiger partial charge in [0.25, 0.3) is 0 Å². The van der Waals surface area contributed by atoms with Crippen LogP contribution in [0.2, 0.25) is 5.02 Å². The zero-order valence-corrected chi connectivity index (χ0v) is 16.9. The van der Waals surface area contributed by atoms with Gasteiger partial charge in [-0.2, -0.15) is 0 Å². The lowest BCUT2D eigenvalue weighted by molar-refractivity contribution is -0.122. The number of nitrogens with one attached hydrogen (secondary N) is 1. The second-order valence-corrected chi connectivity index (χ2v) is 7.24.